The summed E-state index contributed by atoms with van der Waals surface area (Å²) >= 11 is 1.77. The molecule has 0 aromatic heterocycles. The van der Waals surface area contributed by atoms with Gasteiger partial charge in [-0.3, -0.25) is 4.79 Å². The van der Waals surface area contributed by atoms with Crippen molar-refractivity contribution in [2.24, 2.45) is 0 Å². The molecule has 2 rings (SSSR count). The lowest BCUT2D eigenvalue weighted by molar-refractivity contribution is 0.0956. The summed E-state index contributed by atoms with van der Waals surface area (Å²) in [5.41, 5.74) is 2.50. The lowest BCUT2D eigenvalue weighted by Crippen LogP contribution is -2.25. The third-order valence-corrected chi connectivity index (χ3v) is 5.18. The molecule has 1 N–H and O–H groups in total. The summed E-state index contributed by atoms with van der Waals surface area (Å²) in [4.78, 5) is 12.0. The van der Waals surface area contributed by atoms with Gasteiger partial charge in [-0.05, 0) is 23.3 Å². The number of hydrogen-bond donors (Lipinski definition) is 1. The molecule has 0 saturated carbocycles. The number of benzene rings is 2. The summed E-state index contributed by atoms with van der Waals surface area (Å²) in [6, 6.07) is 16.9. The van der Waals surface area contributed by atoms with E-state index in [1.807, 2.05) is 18.2 Å². The van der Waals surface area contributed by atoms with Gasteiger partial charge in [0.2, 0.25) is 0 Å². The molecule has 6 heteroatoms. The van der Waals surface area contributed by atoms with E-state index in [1.54, 1.807) is 36.0 Å². The molecule has 0 aliphatic carbocycles. The van der Waals surface area contributed by atoms with Crippen molar-refractivity contribution in [1.29, 1.82) is 0 Å². The van der Waals surface area contributed by atoms with E-state index in [1.165, 1.54) is 11.8 Å². The first-order valence-electron chi connectivity index (χ1n) is 7.60. The van der Waals surface area contributed by atoms with Crippen LogP contribution in [0.2, 0.25) is 0 Å². The quantitative estimate of drug-likeness (QED) is 0.733. The SMILES string of the molecule is CS(=O)(=O)Cc1ccc(C(=O)NCCSCc2ccccc2)cc1. The molecule has 0 fully saturated rings. The first kappa shape index (κ1) is 18.5. The molecule has 0 radical (unpaired) electrons. The van der Waals surface area contributed by atoms with Crippen LogP contribution in [0.25, 0.3) is 0 Å². The fourth-order valence-corrected chi connectivity index (χ4v) is 3.77. The van der Waals surface area contributed by atoms with E-state index in [0.717, 1.165) is 11.5 Å². The normalized spacial score (nSPS) is 11.2. The first-order valence-corrected chi connectivity index (χ1v) is 10.8. The van der Waals surface area contributed by atoms with Crippen molar-refractivity contribution >= 4 is 27.5 Å². The van der Waals surface area contributed by atoms with Gasteiger partial charge in [0.15, 0.2) is 9.84 Å². The molecule has 2 aromatic rings. The molecule has 0 saturated heterocycles. The number of sulfone groups is 1. The lowest BCUT2D eigenvalue weighted by atomic mass is 10.1. The van der Waals surface area contributed by atoms with Gasteiger partial charge in [0.1, 0.15) is 0 Å². The number of hydrogen-bond acceptors (Lipinski definition) is 4. The monoisotopic (exact) mass is 363 g/mol. The summed E-state index contributed by atoms with van der Waals surface area (Å²) in [5, 5.41) is 2.87. The van der Waals surface area contributed by atoms with E-state index >= 15 is 0 Å². The van der Waals surface area contributed by atoms with Crippen LogP contribution in [0.4, 0.5) is 0 Å². The van der Waals surface area contributed by atoms with E-state index in [2.05, 4.69) is 17.4 Å². The van der Waals surface area contributed by atoms with Gasteiger partial charge < -0.3 is 5.32 Å². The van der Waals surface area contributed by atoms with Gasteiger partial charge in [0.25, 0.3) is 5.91 Å². The van der Waals surface area contributed by atoms with E-state index in [4.69, 9.17) is 0 Å². The van der Waals surface area contributed by atoms with Crippen LogP contribution in [0.3, 0.4) is 0 Å². The van der Waals surface area contributed by atoms with Crippen molar-refractivity contribution in [3.05, 3.63) is 71.3 Å². The highest BCUT2D eigenvalue weighted by Crippen LogP contribution is 2.11. The molecule has 2 aromatic carbocycles. The third-order valence-electron chi connectivity index (χ3n) is 3.29. The van der Waals surface area contributed by atoms with Crippen molar-refractivity contribution in [2.45, 2.75) is 11.5 Å². The zero-order valence-electron chi connectivity index (χ0n) is 13.6. The Bertz CT molecular complexity index is 757. The minimum atomic E-state index is -3.06. The predicted octanol–water partition coefficient (Wildman–Crippen LogP) is 2.89. The zero-order chi connectivity index (χ0) is 17.4. The lowest BCUT2D eigenvalue weighted by Gasteiger charge is -2.06. The van der Waals surface area contributed by atoms with Crippen LogP contribution >= 0.6 is 11.8 Å². The molecule has 0 heterocycles. The molecule has 4 nitrogen and oxygen atoms in total. The summed E-state index contributed by atoms with van der Waals surface area (Å²) in [6.45, 7) is 0.599. The van der Waals surface area contributed by atoms with Crippen LogP contribution in [-0.4, -0.2) is 32.9 Å². The second-order valence-corrected chi connectivity index (χ2v) is 8.81. The smallest absolute Gasteiger partial charge is 0.251 e. The molecule has 128 valence electrons. The van der Waals surface area contributed by atoms with Gasteiger partial charge in [-0.1, -0.05) is 42.5 Å². The first-order chi connectivity index (χ1) is 11.4. The van der Waals surface area contributed by atoms with Crippen molar-refractivity contribution in [2.75, 3.05) is 18.6 Å². The van der Waals surface area contributed by atoms with Crippen molar-refractivity contribution in [1.82, 2.24) is 5.32 Å². The second-order valence-electron chi connectivity index (χ2n) is 5.56. The Balaban J connectivity index is 1.72. The fraction of sp³-hybridized carbons (Fsp3) is 0.278. The highest BCUT2D eigenvalue weighted by molar-refractivity contribution is 7.98. The van der Waals surface area contributed by atoms with Crippen LogP contribution in [0, 0.1) is 0 Å². The molecule has 0 atom stereocenters. The molecule has 0 spiro atoms. The highest BCUT2D eigenvalue weighted by atomic mass is 32.2. The number of amides is 1. The Kier molecular flexibility index (Phi) is 6.87. The maximum atomic E-state index is 12.0. The van der Waals surface area contributed by atoms with Crippen molar-refractivity contribution in [3.63, 3.8) is 0 Å². The molecule has 0 bridgehead atoms. The van der Waals surface area contributed by atoms with Gasteiger partial charge in [-0.2, -0.15) is 11.8 Å². The molecular weight excluding hydrogens is 342 g/mol. The third kappa shape index (κ3) is 6.76. The average molecular weight is 364 g/mol. The Labute approximate surface area is 147 Å². The van der Waals surface area contributed by atoms with Gasteiger partial charge in [-0.15, -0.1) is 0 Å². The van der Waals surface area contributed by atoms with Gasteiger partial charge in [0, 0.05) is 29.9 Å². The van der Waals surface area contributed by atoms with Crippen LogP contribution in [0.5, 0.6) is 0 Å². The Morgan fingerprint density at radius 1 is 1.00 bits per heavy atom. The number of nitrogens with one attached hydrogen (secondary N) is 1. The standard InChI is InChI=1S/C18H21NO3S2/c1-24(21,22)14-16-7-9-17(10-8-16)18(20)19-11-12-23-13-15-5-3-2-4-6-15/h2-10H,11-14H2,1H3,(H,19,20). The molecular formula is C18H21NO3S2. The topological polar surface area (TPSA) is 63.2 Å². The predicted molar refractivity (Wildman–Crippen MR) is 99.9 cm³/mol. The summed E-state index contributed by atoms with van der Waals surface area (Å²) in [6.07, 6.45) is 1.20. The van der Waals surface area contributed by atoms with E-state index < -0.39 is 9.84 Å². The van der Waals surface area contributed by atoms with Crippen LogP contribution in [0.1, 0.15) is 21.5 Å². The number of thioether (sulfide) groups is 1. The average Bonchev–Trinajstić information content (AvgIpc) is 2.54. The maximum absolute atomic E-state index is 12.0. The largest absolute Gasteiger partial charge is 0.351 e. The number of rotatable bonds is 8. The molecule has 0 aliphatic rings. The van der Waals surface area contributed by atoms with Crippen molar-refractivity contribution < 1.29 is 13.2 Å². The number of carbonyl (C=O) groups is 1. The van der Waals surface area contributed by atoms with Gasteiger partial charge in [0.05, 0.1) is 5.75 Å². The molecule has 1 amide bonds. The minimum Gasteiger partial charge on any atom is -0.351 e. The minimum absolute atomic E-state index is 0.00890. The van der Waals surface area contributed by atoms with E-state index in [9.17, 15) is 13.2 Å². The maximum Gasteiger partial charge on any atom is 0.251 e. The Morgan fingerprint density at radius 2 is 1.67 bits per heavy atom. The van der Waals surface area contributed by atoms with E-state index in [-0.39, 0.29) is 11.7 Å². The molecule has 0 aliphatic heterocycles. The summed E-state index contributed by atoms with van der Waals surface area (Å²) < 4.78 is 22.5. The number of carbonyl (C=O) groups excluding carboxylic acids is 1. The highest BCUT2D eigenvalue weighted by Gasteiger charge is 2.07. The Morgan fingerprint density at radius 3 is 2.29 bits per heavy atom. The molecule has 24 heavy (non-hydrogen) atoms. The van der Waals surface area contributed by atoms with Gasteiger partial charge >= 0.3 is 0 Å². The van der Waals surface area contributed by atoms with Crippen molar-refractivity contribution in [3.8, 4) is 0 Å². The summed E-state index contributed by atoms with van der Waals surface area (Å²) in [7, 11) is -3.06. The van der Waals surface area contributed by atoms with Crippen LogP contribution in [0.15, 0.2) is 54.6 Å². The van der Waals surface area contributed by atoms with E-state index in [0.29, 0.717) is 17.7 Å². The second kappa shape index (κ2) is 8.89. The van der Waals surface area contributed by atoms with Crippen LogP contribution < -0.4 is 5.32 Å². The zero-order valence-corrected chi connectivity index (χ0v) is 15.2. The Hall–Kier alpha value is -1.79. The summed E-state index contributed by atoms with van der Waals surface area (Å²) in [5.74, 6) is 1.62. The fourth-order valence-electron chi connectivity index (χ4n) is 2.16. The van der Waals surface area contributed by atoms with Crippen LogP contribution in [-0.2, 0) is 21.3 Å². The van der Waals surface area contributed by atoms with Gasteiger partial charge in [-0.25, -0.2) is 8.42 Å². The molecule has 0 unspecified atom stereocenters.